The first kappa shape index (κ1) is 15.7. The van der Waals surface area contributed by atoms with Crippen LogP contribution < -0.4 is 10.6 Å². The van der Waals surface area contributed by atoms with Crippen molar-refractivity contribution in [1.29, 1.82) is 0 Å². The SMILES string of the molecule is CCCNc1cc(NCCOCCO)nc(CC)n1. The molecule has 6 heteroatoms. The summed E-state index contributed by atoms with van der Waals surface area (Å²) < 4.78 is 5.18. The van der Waals surface area contributed by atoms with Gasteiger partial charge in [0.25, 0.3) is 0 Å². The van der Waals surface area contributed by atoms with Gasteiger partial charge in [0.2, 0.25) is 0 Å². The Kier molecular flexibility index (Phi) is 7.84. The van der Waals surface area contributed by atoms with Crippen molar-refractivity contribution < 1.29 is 9.84 Å². The lowest BCUT2D eigenvalue weighted by molar-refractivity contribution is 0.0992. The molecule has 0 fully saturated rings. The quantitative estimate of drug-likeness (QED) is 0.555. The van der Waals surface area contributed by atoms with Crippen LogP contribution in [-0.2, 0) is 11.2 Å². The average Bonchev–Trinajstić information content (AvgIpc) is 2.44. The van der Waals surface area contributed by atoms with Crippen LogP contribution >= 0.6 is 0 Å². The number of aliphatic hydroxyl groups is 1. The number of aryl methyl sites for hydroxylation is 1. The Morgan fingerprint density at radius 2 is 1.79 bits per heavy atom. The molecule has 0 saturated carbocycles. The van der Waals surface area contributed by atoms with E-state index >= 15 is 0 Å². The fourth-order valence-electron chi connectivity index (χ4n) is 1.51. The lowest BCUT2D eigenvalue weighted by Crippen LogP contribution is -2.13. The maximum atomic E-state index is 8.60. The zero-order valence-electron chi connectivity index (χ0n) is 11.8. The number of ether oxygens (including phenoxy) is 1. The molecule has 1 heterocycles. The van der Waals surface area contributed by atoms with Crippen molar-refractivity contribution in [3.8, 4) is 0 Å². The van der Waals surface area contributed by atoms with Crippen molar-refractivity contribution in [2.45, 2.75) is 26.7 Å². The molecular weight excluding hydrogens is 244 g/mol. The molecule has 1 rings (SSSR count). The summed E-state index contributed by atoms with van der Waals surface area (Å²) in [5.41, 5.74) is 0. The molecule has 0 aliphatic carbocycles. The number of hydrogen-bond donors (Lipinski definition) is 3. The van der Waals surface area contributed by atoms with Crippen LogP contribution in [0.15, 0.2) is 6.07 Å². The zero-order valence-corrected chi connectivity index (χ0v) is 11.8. The van der Waals surface area contributed by atoms with Crippen LogP contribution in [0.2, 0.25) is 0 Å². The second kappa shape index (κ2) is 9.52. The molecule has 19 heavy (non-hydrogen) atoms. The first-order valence-electron chi connectivity index (χ1n) is 6.84. The Balaban J connectivity index is 2.50. The van der Waals surface area contributed by atoms with Gasteiger partial charge in [-0.25, -0.2) is 9.97 Å². The maximum absolute atomic E-state index is 8.60. The van der Waals surface area contributed by atoms with E-state index < -0.39 is 0 Å². The minimum atomic E-state index is 0.0541. The van der Waals surface area contributed by atoms with E-state index in [1.54, 1.807) is 0 Å². The summed E-state index contributed by atoms with van der Waals surface area (Å²) in [7, 11) is 0. The highest BCUT2D eigenvalue weighted by atomic mass is 16.5. The van der Waals surface area contributed by atoms with Crippen LogP contribution in [0.25, 0.3) is 0 Å². The van der Waals surface area contributed by atoms with Crippen molar-refractivity contribution in [3.63, 3.8) is 0 Å². The molecule has 0 radical (unpaired) electrons. The molecule has 1 aromatic rings. The molecule has 0 aromatic carbocycles. The molecule has 1 aromatic heterocycles. The number of hydrogen-bond acceptors (Lipinski definition) is 6. The Morgan fingerprint density at radius 3 is 2.37 bits per heavy atom. The molecule has 6 nitrogen and oxygen atoms in total. The monoisotopic (exact) mass is 268 g/mol. The average molecular weight is 268 g/mol. The fourth-order valence-corrected chi connectivity index (χ4v) is 1.51. The molecule has 0 aliphatic heterocycles. The van der Waals surface area contributed by atoms with Gasteiger partial charge in [0.1, 0.15) is 17.5 Å². The van der Waals surface area contributed by atoms with E-state index in [-0.39, 0.29) is 6.61 Å². The van der Waals surface area contributed by atoms with Crippen LogP contribution in [-0.4, -0.2) is 48.0 Å². The number of nitrogens with one attached hydrogen (secondary N) is 2. The van der Waals surface area contributed by atoms with Crippen LogP contribution in [0.5, 0.6) is 0 Å². The molecule has 0 atom stereocenters. The Morgan fingerprint density at radius 1 is 1.11 bits per heavy atom. The number of aliphatic hydroxyl groups excluding tert-OH is 1. The molecular formula is C13H24N4O2. The molecule has 108 valence electrons. The summed E-state index contributed by atoms with van der Waals surface area (Å²) in [5.74, 6) is 2.48. The van der Waals surface area contributed by atoms with Crippen molar-refractivity contribution >= 4 is 11.6 Å². The van der Waals surface area contributed by atoms with Gasteiger partial charge in [0.05, 0.1) is 19.8 Å². The largest absolute Gasteiger partial charge is 0.394 e. The molecule has 0 bridgehead atoms. The number of aromatic nitrogens is 2. The first-order chi connectivity index (χ1) is 9.30. The van der Waals surface area contributed by atoms with Crippen LogP contribution in [0, 0.1) is 0 Å². The molecule has 0 spiro atoms. The van der Waals surface area contributed by atoms with Crippen molar-refractivity contribution in [2.24, 2.45) is 0 Å². The Hall–Kier alpha value is -1.40. The fraction of sp³-hybridized carbons (Fsp3) is 0.692. The molecule has 0 aliphatic rings. The second-order valence-corrected chi connectivity index (χ2v) is 4.10. The lowest BCUT2D eigenvalue weighted by Gasteiger charge is -2.10. The van der Waals surface area contributed by atoms with Gasteiger partial charge in [-0.1, -0.05) is 13.8 Å². The molecule has 3 N–H and O–H groups in total. The predicted molar refractivity (Wildman–Crippen MR) is 76.6 cm³/mol. The summed E-state index contributed by atoms with van der Waals surface area (Å²) in [6.45, 7) is 6.68. The van der Waals surface area contributed by atoms with E-state index in [0.717, 1.165) is 36.8 Å². The van der Waals surface area contributed by atoms with E-state index in [2.05, 4.69) is 27.5 Å². The highest BCUT2D eigenvalue weighted by Crippen LogP contribution is 2.11. The minimum absolute atomic E-state index is 0.0541. The van der Waals surface area contributed by atoms with E-state index in [1.807, 2.05) is 13.0 Å². The number of nitrogens with zero attached hydrogens (tertiary/aromatic N) is 2. The van der Waals surface area contributed by atoms with E-state index in [4.69, 9.17) is 9.84 Å². The van der Waals surface area contributed by atoms with Crippen LogP contribution in [0.4, 0.5) is 11.6 Å². The van der Waals surface area contributed by atoms with Gasteiger partial charge in [-0.05, 0) is 6.42 Å². The third-order valence-corrected chi connectivity index (χ3v) is 2.43. The van der Waals surface area contributed by atoms with Crippen molar-refractivity contribution in [3.05, 3.63) is 11.9 Å². The van der Waals surface area contributed by atoms with Crippen LogP contribution in [0.1, 0.15) is 26.1 Å². The number of rotatable bonds is 10. The smallest absolute Gasteiger partial charge is 0.132 e. The van der Waals surface area contributed by atoms with Gasteiger partial charge in [-0.3, -0.25) is 0 Å². The predicted octanol–water partition coefficient (Wildman–Crippen LogP) is 1.28. The van der Waals surface area contributed by atoms with E-state index in [9.17, 15) is 0 Å². The Labute approximate surface area is 114 Å². The molecule has 0 unspecified atom stereocenters. The summed E-state index contributed by atoms with van der Waals surface area (Å²) in [4.78, 5) is 8.83. The maximum Gasteiger partial charge on any atom is 0.132 e. The van der Waals surface area contributed by atoms with E-state index in [1.165, 1.54) is 0 Å². The van der Waals surface area contributed by atoms with Gasteiger partial charge in [-0.15, -0.1) is 0 Å². The topological polar surface area (TPSA) is 79.3 Å². The van der Waals surface area contributed by atoms with Gasteiger partial charge < -0.3 is 20.5 Å². The lowest BCUT2D eigenvalue weighted by atomic mass is 10.4. The summed E-state index contributed by atoms with van der Waals surface area (Å²) in [6, 6.07) is 1.90. The standard InChI is InChI=1S/C13H24N4O2/c1-3-5-14-12-10-13(17-11(4-2)16-12)15-6-8-19-9-7-18/h10,18H,3-9H2,1-2H3,(H2,14,15,16,17). The minimum Gasteiger partial charge on any atom is -0.394 e. The highest BCUT2D eigenvalue weighted by molar-refractivity contribution is 5.47. The summed E-state index contributed by atoms with van der Waals surface area (Å²) >= 11 is 0. The second-order valence-electron chi connectivity index (χ2n) is 4.10. The van der Waals surface area contributed by atoms with Crippen molar-refractivity contribution in [2.75, 3.05) is 43.5 Å². The van der Waals surface area contributed by atoms with Gasteiger partial charge in [-0.2, -0.15) is 0 Å². The molecule has 0 amide bonds. The van der Waals surface area contributed by atoms with Gasteiger partial charge >= 0.3 is 0 Å². The van der Waals surface area contributed by atoms with E-state index in [0.29, 0.717) is 19.8 Å². The summed E-state index contributed by atoms with van der Waals surface area (Å²) in [5, 5.41) is 15.1. The Bertz CT molecular complexity index is 360. The highest BCUT2D eigenvalue weighted by Gasteiger charge is 2.02. The van der Waals surface area contributed by atoms with Gasteiger partial charge in [0.15, 0.2) is 0 Å². The third-order valence-electron chi connectivity index (χ3n) is 2.43. The van der Waals surface area contributed by atoms with Crippen LogP contribution in [0.3, 0.4) is 0 Å². The number of anilines is 2. The molecule has 0 saturated heterocycles. The van der Waals surface area contributed by atoms with Crippen molar-refractivity contribution in [1.82, 2.24) is 9.97 Å². The van der Waals surface area contributed by atoms with Gasteiger partial charge in [0, 0.05) is 25.6 Å². The normalized spacial score (nSPS) is 10.5. The summed E-state index contributed by atoms with van der Waals surface area (Å²) in [6.07, 6.45) is 1.86. The third kappa shape index (κ3) is 6.35. The zero-order chi connectivity index (χ0) is 13.9. The first-order valence-corrected chi connectivity index (χ1v) is 6.84.